The van der Waals surface area contributed by atoms with E-state index in [2.05, 4.69) is 10.3 Å². The lowest BCUT2D eigenvalue weighted by Gasteiger charge is -2.37. The minimum Gasteiger partial charge on any atom is -0.507 e. The summed E-state index contributed by atoms with van der Waals surface area (Å²) in [7, 11) is 0. The number of benzene rings is 1. The lowest BCUT2D eigenvalue weighted by Crippen LogP contribution is -2.50. The smallest absolute Gasteiger partial charge is 0.322 e. The van der Waals surface area contributed by atoms with Crippen LogP contribution in [0, 0.1) is 5.92 Å². The predicted octanol–water partition coefficient (Wildman–Crippen LogP) is 2.13. The van der Waals surface area contributed by atoms with Crippen molar-refractivity contribution in [3.63, 3.8) is 0 Å². The molecule has 5 rings (SSSR count). The van der Waals surface area contributed by atoms with E-state index in [0.717, 1.165) is 28.1 Å². The van der Waals surface area contributed by atoms with Crippen molar-refractivity contribution in [2.24, 2.45) is 5.92 Å². The van der Waals surface area contributed by atoms with E-state index in [4.69, 9.17) is 5.11 Å². The van der Waals surface area contributed by atoms with Crippen LogP contribution >= 0.6 is 11.3 Å². The van der Waals surface area contributed by atoms with E-state index in [0.29, 0.717) is 12.0 Å². The standard InChI is InChI=1S/C21H19N3O5S/c25-16(26)9-22-19(28)17-18(27)12-8-21(6-5-11(12)7-21)24(20(17)29)10-15-23-13-3-1-2-4-14(13)30-15/h1-4,8,11,27H,5-7,9-10H2,(H,22,28)(H,25,26). The topological polar surface area (TPSA) is 120 Å². The molecule has 2 heterocycles. The van der Waals surface area contributed by atoms with E-state index >= 15 is 0 Å². The van der Waals surface area contributed by atoms with E-state index in [-0.39, 0.29) is 18.2 Å². The Morgan fingerprint density at radius 3 is 2.90 bits per heavy atom. The second-order valence-corrected chi connectivity index (χ2v) is 9.02. The number of nitrogens with zero attached hydrogens (tertiary/aromatic N) is 2. The van der Waals surface area contributed by atoms with Crippen molar-refractivity contribution in [2.45, 2.75) is 31.3 Å². The summed E-state index contributed by atoms with van der Waals surface area (Å²) in [6, 6.07) is 7.71. The highest BCUT2D eigenvalue weighted by Crippen LogP contribution is 2.54. The number of aliphatic hydroxyl groups excluding tert-OH is 1. The Hall–Kier alpha value is -3.20. The Balaban J connectivity index is 1.54. The highest BCUT2D eigenvalue weighted by molar-refractivity contribution is 7.18. The molecule has 30 heavy (non-hydrogen) atoms. The van der Waals surface area contributed by atoms with Gasteiger partial charge in [-0.1, -0.05) is 18.2 Å². The molecule has 1 aromatic carbocycles. The van der Waals surface area contributed by atoms with Crippen LogP contribution in [0.1, 0.15) is 24.3 Å². The number of aromatic nitrogens is 1. The molecule has 2 aliphatic carbocycles. The number of carboxylic acid groups (broad SMARTS) is 1. The molecule has 3 N–H and O–H groups in total. The van der Waals surface area contributed by atoms with Gasteiger partial charge in [0.1, 0.15) is 22.9 Å². The van der Waals surface area contributed by atoms with Crippen LogP contribution in [0.15, 0.2) is 47.2 Å². The first kappa shape index (κ1) is 18.8. The molecule has 1 saturated carbocycles. The number of para-hydroxylation sites is 1. The Morgan fingerprint density at radius 1 is 1.33 bits per heavy atom. The summed E-state index contributed by atoms with van der Waals surface area (Å²) in [5.74, 6) is -2.95. The molecule has 9 heteroatoms. The van der Waals surface area contributed by atoms with Gasteiger partial charge >= 0.3 is 5.97 Å². The van der Waals surface area contributed by atoms with E-state index in [1.54, 1.807) is 4.90 Å². The minimum atomic E-state index is -1.23. The molecule has 1 spiro atoms. The largest absolute Gasteiger partial charge is 0.507 e. The molecule has 3 bridgehead atoms. The van der Waals surface area contributed by atoms with Gasteiger partial charge in [0.15, 0.2) is 0 Å². The first-order valence-corrected chi connectivity index (χ1v) is 10.5. The molecule has 0 saturated heterocycles. The third-order valence-corrected chi connectivity index (χ3v) is 7.18. The fourth-order valence-electron chi connectivity index (χ4n) is 4.83. The van der Waals surface area contributed by atoms with Gasteiger partial charge in [-0.15, -0.1) is 11.3 Å². The summed E-state index contributed by atoms with van der Waals surface area (Å²) < 4.78 is 1.01. The van der Waals surface area contributed by atoms with E-state index in [1.807, 2.05) is 30.3 Å². The van der Waals surface area contributed by atoms with Crippen LogP contribution in [0.2, 0.25) is 0 Å². The van der Waals surface area contributed by atoms with Crippen LogP contribution in [0.3, 0.4) is 0 Å². The average Bonchev–Trinajstić information content (AvgIpc) is 3.41. The fraction of sp³-hybridized carbons (Fsp3) is 0.333. The number of rotatable bonds is 5. The Morgan fingerprint density at radius 2 is 2.13 bits per heavy atom. The second kappa shape index (κ2) is 6.66. The zero-order chi connectivity index (χ0) is 21.0. The Bertz CT molecular complexity index is 1130. The van der Waals surface area contributed by atoms with E-state index in [1.165, 1.54) is 11.3 Å². The fourth-order valence-corrected chi connectivity index (χ4v) is 5.78. The number of allylic oxidation sites excluding steroid dienone is 1. The number of carbonyl (C=O) groups excluding carboxylic acids is 2. The van der Waals surface area contributed by atoms with Crippen molar-refractivity contribution >= 4 is 39.3 Å². The maximum atomic E-state index is 13.5. The van der Waals surface area contributed by atoms with Crippen molar-refractivity contribution in [2.75, 3.05) is 6.54 Å². The summed E-state index contributed by atoms with van der Waals surface area (Å²) in [5.41, 5.74) is 0.513. The molecule has 2 unspecified atom stereocenters. The molecule has 1 aromatic heterocycles. The van der Waals surface area contributed by atoms with E-state index in [9.17, 15) is 19.5 Å². The normalized spacial score (nSPS) is 24.9. The molecule has 1 fully saturated rings. The van der Waals surface area contributed by atoms with Gasteiger partial charge in [0.25, 0.3) is 11.8 Å². The van der Waals surface area contributed by atoms with Crippen molar-refractivity contribution in [1.82, 2.24) is 15.2 Å². The predicted molar refractivity (Wildman–Crippen MR) is 109 cm³/mol. The van der Waals surface area contributed by atoms with Crippen molar-refractivity contribution in [1.29, 1.82) is 0 Å². The third-order valence-electron chi connectivity index (χ3n) is 6.16. The molecule has 1 aliphatic heterocycles. The molecule has 2 atom stereocenters. The van der Waals surface area contributed by atoms with Gasteiger partial charge in [0, 0.05) is 0 Å². The number of aliphatic carboxylic acids is 1. The van der Waals surface area contributed by atoms with Gasteiger partial charge in [0.2, 0.25) is 0 Å². The van der Waals surface area contributed by atoms with Gasteiger partial charge in [-0.25, -0.2) is 4.98 Å². The number of aliphatic hydroxyl groups is 1. The first-order valence-electron chi connectivity index (χ1n) is 9.71. The van der Waals surface area contributed by atoms with Crippen LogP contribution in [0.25, 0.3) is 10.2 Å². The average molecular weight is 425 g/mol. The summed E-state index contributed by atoms with van der Waals surface area (Å²) in [5, 5.41) is 22.6. The number of hydrogen-bond donors (Lipinski definition) is 3. The van der Waals surface area contributed by atoms with Crippen LogP contribution in [-0.2, 0) is 20.9 Å². The van der Waals surface area contributed by atoms with Crippen molar-refractivity contribution < 1.29 is 24.6 Å². The quantitative estimate of drug-likeness (QED) is 0.632. The molecule has 2 amide bonds. The van der Waals surface area contributed by atoms with E-state index < -0.39 is 35.4 Å². The van der Waals surface area contributed by atoms with Crippen LogP contribution in [-0.4, -0.2) is 50.0 Å². The molecule has 0 radical (unpaired) electrons. The number of carboxylic acids is 1. The van der Waals surface area contributed by atoms with Crippen LogP contribution in [0.5, 0.6) is 0 Å². The minimum absolute atomic E-state index is 0.0817. The number of fused-ring (bicyclic) bond motifs is 3. The highest BCUT2D eigenvalue weighted by Gasteiger charge is 2.55. The van der Waals surface area contributed by atoms with Gasteiger partial charge in [0.05, 0.1) is 22.3 Å². The number of nitrogens with one attached hydrogen (secondary N) is 1. The zero-order valence-electron chi connectivity index (χ0n) is 15.9. The zero-order valence-corrected chi connectivity index (χ0v) is 16.7. The molecular weight excluding hydrogens is 406 g/mol. The summed E-state index contributed by atoms with van der Waals surface area (Å²) >= 11 is 1.49. The molecule has 154 valence electrons. The summed E-state index contributed by atoms with van der Waals surface area (Å²) in [6.07, 6.45) is 4.21. The lowest BCUT2D eigenvalue weighted by atomic mass is 9.94. The number of carbonyl (C=O) groups is 3. The number of hydrogen-bond acceptors (Lipinski definition) is 6. The molecule has 3 aliphatic rings. The maximum absolute atomic E-state index is 13.5. The first-order chi connectivity index (χ1) is 14.4. The second-order valence-electron chi connectivity index (χ2n) is 7.91. The lowest BCUT2D eigenvalue weighted by molar-refractivity contribution is -0.139. The van der Waals surface area contributed by atoms with Gasteiger partial charge in [-0.3, -0.25) is 14.4 Å². The van der Waals surface area contributed by atoms with Crippen molar-refractivity contribution in [3.05, 3.63) is 52.3 Å². The van der Waals surface area contributed by atoms with Crippen LogP contribution < -0.4 is 5.32 Å². The van der Waals surface area contributed by atoms with Crippen molar-refractivity contribution in [3.8, 4) is 0 Å². The monoisotopic (exact) mass is 425 g/mol. The van der Waals surface area contributed by atoms with Gasteiger partial charge < -0.3 is 20.4 Å². The number of thiazole rings is 1. The maximum Gasteiger partial charge on any atom is 0.322 e. The molecule has 8 nitrogen and oxygen atoms in total. The third kappa shape index (κ3) is 2.80. The van der Waals surface area contributed by atoms with Gasteiger partial charge in [-0.05, 0) is 42.9 Å². The number of amides is 2. The summed E-state index contributed by atoms with van der Waals surface area (Å²) in [4.78, 5) is 43.2. The Kier molecular flexibility index (Phi) is 4.18. The van der Waals surface area contributed by atoms with Gasteiger partial charge in [-0.2, -0.15) is 0 Å². The Labute approximate surface area is 175 Å². The highest BCUT2D eigenvalue weighted by atomic mass is 32.1. The van der Waals surface area contributed by atoms with Crippen LogP contribution in [0.4, 0.5) is 0 Å². The summed E-state index contributed by atoms with van der Waals surface area (Å²) in [6.45, 7) is -0.411. The SMILES string of the molecule is O=C(O)CNC(=O)C1=C(O)C2=CC3(CCC2C3)N(Cc2nc3ccccc3s2)C1=O. The molecule has 2 aromatic rings. The molecular formula is C21H19N3O5S.